The first-order valence-corrected chi connectivity index (χ1v) is 13.0. The van der Waals surface area contributed by atoms with E-state index in [-0.39, 0.29) is 31.6 Å². The third-order valence-electron chi connectivity index (χ3n) is 8.01. The van der Waals surface area contributed by atoms with E-state index in [9.17, 15) is 23.1 Å². The number of benzene rings is 2. The number of hydrogen-bond acceptors (Lipinski definition) is 4. The summed E-state index contributed by atoms with van der Waals surface area (Å²) in [6.07, 6.45) is -1.69. The summed E-state index contributed by atoms with van der Waals surface area (Å²) in [6.45, 7) is 0.392. The van der Waals surface area contributed by atoms with Crippen molar-refractivity contribution in [3.8, 4) is 6.07 Å². The van der Waals surface area contributed by atoms with E-state index in [0.29, 0.717) is 17.0 Å². The van der Waals surface area contributed by atoms with E-state index in [0.717, 1.165) is 36.8 Å². The molecule has 1 heterocycles. The number of halogens is 4. The average molecular weight is 534 g/mol. The number of carbonyl (C=O) groups is 1. The summed E-state index contributed by atoms with van der Waals surface area (Å²) in [5, 5.41) is 22.9. The first-order chi connectivity index (χ1) is 17.6. The molecule has 1 amide bonds. The minimum absolute atomic E-state index is 0.0646. The number of likely N-dealkylation sites (tertiary alicyclic amines) is 1. The maximum atomic E-state index is 13.6. The summed E-state index contributed by atoms with van der Waals surface area (Å²) < 4.78 is 40.1. The summed E-state index contributed by atoms with van der Waals surface area (Å²) in [6, 6.07) is 16.2. The normalized spacial score (nSPS) is 20.2. The largest absolute Gasteiger partial charge is 0.417 e. The van der Waals surface area contributed by atoms with Crippen molar-refractivity contribution in [1.29, 1.82) is 5.26 Å². The summed E-state index contributed by atoms with van der Waals surface area (Å²) in [4.78, 5) is 15.5. The fraction of sp³-hybridized carbons (Fsp3) is 0.500. The van der Waals surface area contributed by atoms with Crippen LogP contribution in [0.2, 0.25) is 5.02 Å². The van der Waals surface area contributed by atoms with Gasteiger partial charge in [0.15, 0.2) is 5.60 Å². The van der Waals surface area contributed by atoms with Gasteiger partial charge in [0.1, 0.15) is 0 Å². The molecule has 1 aliphatic heterocycles. The van der Waals surface area contributed by atoms with E-state index in [1.807, 2.05) is 29.2 Å². The standard InChI is InChI=1S/C28H31ClF3N3O2/c29-23-9-7-22(8-10-23)26(11-1-2-12-26)25(36)34-19-24(17-20-3-5-21(18-33)6-4-20)35-15-13-27(37,14-16-35)28(30,31)32/h3-10,24,37H,1-2,11-17,19H2,(H,34,36). The van der Waals surface area contributed by atoms with Gasteiger partial charge in [-0.25, -0.2) is 0 Å². The SMILES string of the molecule is N#Cc1ccc(CC(CNC(=O)C2(c3ccc(Cl)cc3)CCCC2)N2CCC(O)(C(F)(F)F)CC2)cc1. The van der Waals surface area contributed by atoms with Gasteiger partial charge in [0.05, 0.1) is 17.0 Å². The second-order valence-electron chi connectivity index (χ2n) is 10.2. The van der Waals surface area contributed by atoms with Crippen molar-refractivity contribution in [2.75, 3.05) is 19.6 Å². The number of hydrogen-bond donors (Lipinski definition) is 2. The molecule has 2 N–H and O–H groups in total. The third kappa shape index (κ3) is 5.95. The Balaban J connectivity index is 1.51. The van der Waals surface area contributed by atoms with Gasteiger partial charge in [-0.1, -0.05) is 48.7 Å². The van der Waals surface area contributed by atoms with Gasteiger partial charge in [-0.05, 0) is 67.5 Å². The molecule has 9 heteroatoms. The molecule has 1 aliphatic carbocycles. The molecule has 2 aromatic carbocycles. The molecule has 2 aromatic rings. The second-order valence-corrected chi connectivity index (χ2v) is 10.7. The van der Waals surface area contributed by atoms with E-state index in [1.165, 1.54) is 0 Å². The van der Waals surface area contributed by atoms with Crippen LogP contribution in [0.15, 0.2) is 48.5 Å². The number of amides is 1. The lowest BCUT2D eigenvalue weighted by Crippen LogP contribution is -2.57. The molecule has 2 aliphatic rings. The number of alkyl halides is 3. The van der Waals surface area contributed by atoms with Crippen LogP contribution in [0.1, 0.15) is 55.2 Å². The molecule has 2 fully saturated rings. The quantitative estimate of drug-likeness (QED) is 0.517. The smallest absolute Gasteiger partial charge is 0.380 e. The number of nitrogens with one attached hydrogen (secondary N) is 1. The van der Waals surface area contributed by atoms with Crippen molar-refractivity contribution in [2.24, 2.45) is 0 Å². The Morgan fingerprint density at radius 1 is 1.05 bits per heavy atom. The average Bonchev–Trinajstić information content (AvgIpc) is 3.38. The van der Waals surface area contributed by atoms with Gasteiger partial charge in [-0.2, -0.15) is 18.4 Å². The zero-order valence-corrected chi connectivity index (χ0v) is 21.3. The number of nitriles is 1. The van der Waals surface area contributed by atoms with Gasteiger partial charge in [0.2, 0.25) is 5.91 Å². The molecule has 1 unspecified atom stereocenters. The summed E-state index contributed by atoms with van der Waals surface area (Å²) in [7, 11) is 0. The van der Waals surface area contributed by atoms with E-state index >= 15 is 0 Å². The number of aliphatic hydroxyl groups is 1. The minimum atomic E-state index is -4.68. The molecule has 1 atom stereocenters. The number of piperidine rings is 1. The van der Waals surface area contributed by atoms with Crippen LogP contribution in [-0.4, -0.2) is 53.4 Å². The van der Waals surface area contributed by atoms with Gasteiger partial charge < -0.3 is 10.4 Å². The van der Waals surface area contributed by atoms with Crippen LogP contribution in [0.5, 0.6) is 0 Å². The molecular formula is C28H31ClF3N3O2. The monoisotopic (exact) mass is 533 g/mol. The zero-order valence-electron chi connectivity index (χ0n) is 20.5. The molecule has 0 spiro atoms. The summed E-state index contributed by atoms with van der Waals surface area (Å²) in [5.41, 5.74) is -0.976. The first kappa shape index (κ1) is 27.4. The van der Waals surface area contributed by atoms with Crippen LogP contribution in [-0.2, 0) is 16.6 Å². The molecule has 0 bridgehead atoms. The number of rotatable bonds is 7. The predicted molar refractivity (Wildman–Crippen MR) is 135 cm³/mol. The van der Waals surface area contributed by atoms with E-state index in [1.54, 1.807) is 24.3 Å². The van der Waals surface area contributed by atoms with Crippen molar-refractivity contribution in [3.05, 3.63) is 70.2 Å². The molecule has 198 valence electrons. The fourth-order valence-corrected chi connectivity index (χ4v) is 5.76. The minimum Gasteiger partial charge on any atom is -0.380 e. The molecule has 5 nitrogen and oxygen atoms in total. The molecule has 1 saturated heterocycles. The Labute approximate surface area is 220 Å². The maximum absolute atomic E-state index is 13.6. The Morgan fingerprint density at radius 2 is 1.65 bits per heavy atom. The lowest BCUT2D eigenvalue weighted by atomic mass is 9.78. The fourth-order valence-electron chi connectivity index (χ4n) is 5.63. The van der Waals surface area contributed by atoms with Crippen LogP contribution < -0.4 is 5.32 Å². The maximum Gasteiger partial charge on any atom is 0.417 e. The van der Waals surface area contributed by atoms with Crippen molar-refractivity contribution in [3.63, 3.8) is 0 Å². The number of nitrogens with zero attached hydrogens (tertiary/aromatic N) is 2. The van der Waals surface area contributed by atoms with E-state index < -0.39 is 30.0 Å². The highest BCUT2D eigenvalue weighted by atomic mass is 35.5. The highest BCUT2D eigenvalue weighted by Crippen LogP contribution is 2.42. The van der Waals surface area contributed by atoms with E-state index in [4.69, 9.17) is 16.9 Å². The summed E-state index contributed by atoms with van der Waals surface area (Å²) in [5.74, 6) is -0.0824. The Kier molecular flexibility index (Phi) is 8.17. The topological polar surface area (TPSA) is 76.4 Å². The van der Waals surface area contributed by atoms with Crippen molar-refractivity contribution in [1.82, 2.24) is 10.2 Å². The molecular weight excluding hydrogens is 503 g/mol. The van der Waals surface area contributed by atoms with Gasteiger partial charge >= 0.3 is 6.18 Å². The van der Waals surface area contributed by atoms with Gasteiger partial charge in [0.25, 0.3) is 0 Å². The molecule has 4 rings (SSSR count). The Hall–Kier alpha value is -2.60. The van der Waals surface area contributed by atoms with E-state index in [2.05, 4.69) is 11.4 Å². The van der Waals surface area contributed by atoms with Crippen molar-refractivity contribution >= 4 is 17.5 Å². The number of carbonyl (C=O) groups excluding carboxylic acids is 1. The lowest BCUT2D eigenvalue weighted by Gasteiger charge is -2.42. The lowest BCUT2D eigenvalue weighted by molar-refractivity contribution is -0.273. The predicted octanol–water partition coefficient (Wildman–Crippen LogP) is 5.14. The Bertz CT molecular complexity index is 1120. The third-order valence-corrected chi connectivity index (χ3v) is 8.26. The molecule has 0 radical (unpaired) electrons. The molecule has 37 heavy (non-hydrogen) atoms. The molecule has 1 saturated carbocycles. The van der Waals surface area contributed by atoms with Crippen LogP contribution in [0.3, 0.4) is 0 Å². The van der Waals surface area contributed by atoms with Crippen LogP contribution in [0.4, 0.5) is 13.2 Å². The second kappa shape index (κ2) is 11.0. The highest BCUT2D eigenvalue weighted by Gasteiger charge is 2.55. The van der Waals surface area contributed by atoms with Crippen LogP contribution in [0, 0.1) is 11.3 Å². The van der Waals surface area contributed by atoms with Crippen LogP contribution >= 0.6 is 11.6 Å². The van der Waals surface area contributed by atoms with Gasteiger partial charge in [-0.15, -0.1) is 0 Å². The van der Waals surface area contributed by atoms with Gasteiger partial charge in [0, 0.05) is 30.7 Å². The zero-order chi connectivity index (χ0) is 26.7. The molecule has 0 aromatic heterocycles. The van der Waals surface area contributed by atoms with Crippen LogP contribution in [0.25, 0.3) is 0 Å². The first-order valence-electron chi connectivity index (χ1n) is 12.6. The van der Waals surface area contributed by atoms with Crippen molar-refractivity contribution in [2.45, 2.75) is 68.2 Å². The van der Waals surface area contributed by atoms with Crippen molar-refractivity contribution < 1.29 is 23.1 Å². The van der Waals surface area contributed by atoms with Gasteiger partial charge in [-0.3, -0.25) is 9.69 Å². The highest BCUT2D eigenvalue weighted by molar-refractivity contribution is 6.30. The Morgan fingerprint density at radius 3 is 2.19 bits per heavy atom. The summed E-state index contributed by atoms with van der Waals surface area (Å²) >= 11 is 6.06.